The van der Waals surface area contributed by atoms with Crippen molar-refractivity contribution < 1.29 is 14.7 Å². The van der Waals surface area contributed by atoms with Crippen LogP contribution in [0.15, 0.2) is 24.5 Å². The molecule has 2 N–H and O–H groups in total. The zero-order chi connectivity index (χ0) is 14.4. The molecule has 0 aromatic carbocycles. The Morgan fingerprint density at radius 1 is 1.30 bits per heavy atom. The molecule has 0 aliphatic heterocycles. The molecule has 1 aliphatic carbocycles. The van der Waals surface area contributed by atoms with Gasteiger partial charge in [0.15, 0.2) is 0 Å². The number of carbonyl (C=O) groups is 2. The Morgan fingerprint density at radius 3 is 2.75 bits per heavy atom. The lowest BCUT2D eigenvalue weighted by atomic mass is 9.95. The van der Waals surface area contributed by atoms with E-state index >= 15 is 0 Å². The highest BCUT2D eigenvalue weighted by Gasteiger charge is 2.17. The molecule has 1 aliphatic rings. The molecule has 0 saturated heterocycles. The third kappa shape index (κ3) is 3.91. The quantitative estimate of drug-likeness (QED) is 0.825. The summed E-state index contributed by atoms with van der Waals surface area (Å²) >= 11 is 0. The summed E-state index contributed by atoms with van der Waals surface area (Å²) in [4.78, 5) is 26.7. The molecule has 0 radical (unpaired) electrons. The van der Waals surface area contributed by atoms with Gasteiger partial charge in [0.05, 0.1) is 0 Å². The van der Waals surface area contributed by atoms with Crippen LogP contribution in [0.1, 0.15) is 48.0 Å². The highest BCUT2D eigenvalue weighted by molar-refractivity contribution is 5.98. The first-order chi connectivity index (χ1) is 9.66. The summed E-state index contributed by atoms with van der Waals surface area (Å²) in [6, 6.07) is 1.83. The molecule has 0 spiro atoms. The van der Waals surface area contributed by atoms with Crippen LogP contribution in [-0.2, 0) is 4.79 Å². The largest absolute Gasteiger partial charge is 0.478 e. The number of carboxylic acid groups (broad SMARTS) is 1. The van der Waals surface area contributed by atoms with E-state index in [2.05, 4.69) is 10.3 Å². The molecule has 1 heterocycles. The van der Waals surface area contributed by atoms with Crippen LogP contribution in [0.3, 0.4) is 0 Å². The topological polar surface area (TPSA) is 79.3 Å². The minimum absolute atomic E-state index is 0.163. The highest BCUT2D eigenvalue weighted by atomic mass is 16.4. The number of pyridine rings is 1. The summed E-state index contributed by atoms with van der Waals surface area (Å²) in [6.07, 6.45) is 11.0. The monoisotopic (exact) mass is 274 g/mol. The fourth-order valence-corrected chi connectivity index (χ4v) is 2.42. The summed E-state index contributed by atoms with van der Waals surface area (Å²) in [5.74, 6) is -1.21. The number of aliphatic carboxylic acids is 1. The van der Waals surface area contributed by atoms with Gasteiger partial charge in [0.25, 0.3) is 5.91 Å². The molecular weight excluding hydrogens is 256 g/mol. The van der Waals surface area contributed by atoms with Gasteiger partial charge in [-0.25, -0.2) is 4.79 Å². The van der Waals surface area contributed by atoms with Crippen LogP contribution in [0.25, 0.3) is 6.08 Å². The van der Waals surface area contributed by atoms with Crippen molar-refractivity contribution in [3.63, 3.8) is 0 Å². The van der Waals surface area contributed by atoms with Crippen molar-refractivity contribution >= 4 is 18.0 Å². The van der Waals surface area contributed by atoms with E-state index in [4.69, 9.17) is 5.11 Å². The summed E-state index contributed by atoms with van der Waals surface area (Å²) < 4.78 is 0. The second-order valence-corrected chi connectivity index (χ2v) is 4.94. The average Bonchev–Trinajstić information content (AvgIpc) is 2.46. The van der Waals surface area contributed by atoms with Gasteiger partial charge in [-0.2, -0.15) is 0 Å². The zero-order valence-corrected chi connectivity index (χ0v) is 11.2. The van der Waals surface area contributed by atoms with Crippen molar-refractivity contribution in [1.29, 1.82) is 0 Å². The van der Waals surface area contributed by atoms with E-state index in [0.29, 0.717) is 11.1 Å². The number of nitrogens with one attached hydrogen (secondary N) is 1. The van der Waals surface area contributed by atoms with Gasteiger partial charge in [0, 0.05) is 35.6 Å². The summed E-state index contributed by atoms with van der Waals surface area (Å²) in [6.45, 7) is 0. The smallest absolute Gasteiger partial charge is 0.328 e. The first kappa shape index (κ1) is 14.2. The van der Waals surface area contributed by atoms with Gasteiger partial charge in [0.1, 0.15) is 0 Å². The molecule has 2 rings (SSSR count). The maximum absolute atomic E-state index is 12.3. The van der Waals surface area contributed by atoms with Crippen molar-refractivity contribution in [2.45, 2.75) is 38.1 Å². The molecule has 20 heavy (non-hydrogen) atoms. The van der Waals surface area contributed by atoms with Crippen molar-refractivity contribution in [3.8, 4) is 0 Å². The minimum atomic E-state index is -1.05. The fraction of sp³-hybridized carbons (Fsp3) is 0.400. The van der Waals surface area contributed by atoms with Gasteiger partial charge in [-0.1, -0.05) is 19.3 Å². The summed E-state index contributed by atoms with van der Waals surface area (Å²) in [5.41, 5.74) is 0.978. The summed E-state index contributed by atoms with van der Waals surface area (Å²) in [5, 5.41) is 11.7. The van der Waals surface area contributed by atoms with Crippen molar-refractivity contribution in [2.24, 2.45) is 0 Å². The number of rotatable bonds is 4. The molecule has 106 valence electrons. The van der Waals surface area contributed by atoms with Crippen LogP contribution in [-0.4, -0.2) is 28.0 Å². The van der Waals surface area contributed by atoms with Crippen LogP contribution in [0.5, 0.6) is 0 Å². The lowest BCUT2D eigenvalue weighted by Gasteiger charge is -2.23. The zero-order valence-electron chi connectivity index (χ0n) is 11.2. The molecule has 1 saturated carbocycles. The molecule has 1 fully saturated rings. The van der Waals surface area contributed by atoms with Crippen LogP contribution >= 0.6 is 0 Å². The van der Waals surface area contributed by atoms with Crippen LogP contribution in [0, 0.1) is 0 Å². The Kier molecular flexibility index (Phi) is 4.87. The molecule has 1 aromatic heterocycles. The minimum Gasteiger partial charge on any atom is -0.478 e. The van der Waals surface area contributed by atoms with Crippen molar-refractivity contribution in [2.75, 3.05) is 0 Å². The number of carbonyl (C=O) groups excluding carboxylic acids is 1. The lowest BCUT2D eigenvalue weighted by Crippen LogP contribution is -2.36. The van der Waals surface area contributed by atoms with E-state index in [1.165, 1.54) is 24.9 Å². The van der Waals surface area contributed by atoms with E-state index < -0.39 is 5.97 Å². The highest BCUT2D eigenvalue weighted by Crippen LogP contribution is 2.18. The van der Waals surface area contributed by atoms with E-state index in [1.54, 1.807) is 6.07 Å². The average molecular weight is 274 g/mol. The van der Waals surface area contributed by atoms with Gasteiger partial charge in [-0.15, -0.1) is 0 Å². The van der Waals surface area contributed by atoms with Crippen LogP contribution in [0.2, 0.25) is 0 Å². The van der Waals surface area contributed by atoms with Crippen LogP contribution in [0.4, 0.5) is 0 Å². The van der Waals surface area contributed by atoms with E-state index in [9.17, 15) is 9.59 Å². The third-order valence-electron chi connectivity index (χ3n) is 3.44. The third-order valence-corrected chi connectivity index (χ3v) is 3.44. The van der Waals surface area contributed by atoms with Crippen molar-refractivity contribution in [3.05, 3.63) is 35.7 Å². The predicted molar refractivity (Wildman–Crippen MR) is 75.2 cm³/mol. The molecule has 5 heteroatoms. The van der Waals surface area contributed by atoms with E-state index in [1.807, 2.05) is 0 Å². The second-order valence-electron chi connectivity index (χ2n) is 4.94. The number of amides is 1. The Hall–Kier alpha value is -2.17. The molecule has 0 atom stereocenters. The number of hydrogen-bond donors (Lipinski definition) is 2. The van der Waals surface area contributed by atoms with Crippen molar-refractivity contribution in [1.82, 2.24) is 10.3 Å². The Labute approximate surface area is 117 Å². The first-order valence-corrected chi connectivity index (χ1v) is 6.82. The Balaban J connectivity index is 2.10. The van der Waals surface area contributed by atoms with E-state index in [-0.39, 0.29) is 11.9 Å². The fourth-order valence-electron chi connectivity index (χ4n) is 2.42. The number of hydrogen-bond acceptors (Lipinski definition) is 3. The lowest BCUT2D eigenvalue weighted by molar-refractivity contribution is -0.131. The van der Waals surface area contributed by atoms with Crippen LogP contribution < -0.4 is 5.32 Å². The molecule has 1 aromatic rings. The number of nitrogens with zero attached hydrogens (tertiary/aromatic N) is 1. The molecule has 0 unspecified atom stereocenters. The second kappa shape index (κ2) is 6.84. The molecule has 5 nitrogen and oxygen atoms in total. The summed E-state index contributed by atoms with van der Waals surface area (Å²) in [7, 11) is 0. The predicted octanol–water partition coefficient (Wildman–Crippen LogP) is 2.24. The Bertz CT molecular complexity index is 520. The first-order valence-electron chi connectivity index (χ1n) is 6.82. The maximum Gasteiger partial charge on any atom is 0.328 e. The van der Waals surface area contributed by atoms with Gasteiger partial charge in [-0.05, 0) is 25.0 Å². The van der Waals surface area contributed by atoms with Gasteiger partial charge in [0.2, 0.25) is 0 Å². The number of carboxylic acids is 1. The molecule has 1 amide bonds. The van der Waals surface area contributed by atoms with Gasteiger partial charge >= 0.3 is 5.97 Å². The van der Waals surface area contributed by atoms with Gasteiger partial charge < -0.3 is 10.4 Å². The Morgan fingerprint density at radius 2 is 2.05 bits per heavy atom. The maximum atomic E-state index is 12.3. The standard InChI is InChI=1S/C15H18N2O3/c18-14(19)7-6-11-10-16-9-8-13(11)15(20)17-12-4-2-1-3-5-12/h6-10,12H,1-5H2,(H,17,20)(H,18,19). The normalized spacial score (nSPS) is 16.2. The number of aromatic nitrogens is 1. The molecule has 0 bridgehead atoms. The van der Waals surface area contributed by atoms with Gasteiger partial charge in [-0.3, -0.25) is 9.78 Å². The molecular formula is C15H18N2O3. The SMILES string of the molecule is O=C(O)C=Cc1cnccc1C(=O)NC1CCCCC1. The van der Waals surface area contributed by atoms with E-state index in [0.717, 1.165) is 31.8 Å².